The number of hydrogen-bond donors (Lipinski definition) is 1. The quantitative estimate of drug-likeness (QED) is 0.714. The highest BCUT2D eigenvalue weighted by Gasteiger charge is 2.32. The molecule has 23 heavy (non-hydrogen) atoms. The Kier molecular flexibility index (Phi) is 4.65. The van der Waals surface area contributed by atoms with E-state index in [1.165, 1.54) is 33.4 Å². The SMILES string of the molecule is CC1=C(C)C(C)C(c2ccccc2C(C)(C)NC(C)(C)C)=C1C. The predicted molar refractivity (Wildman–Crippen MR) is 102 cm³/mol. The molecule has 2 rings (SSSR count). The zero-order valence-corrected chi connectivity index (χ0v) is 16.4. The third-order valence-corrected chi connectivity index (χ3v) is 5.22. The second-order valence-corrected chi connectivity index (χ2v) is 8.61. The van der Waals surface area contributed by atoms with E-state index in [2.05, 4.69) is 91.9 Å². The summed E-state index contributed by atoms with van der Waals surface area (Å²) in [5.74, 6) is 0.501. The molecule has 126 valence electrons. The van der Waals surface area contributed by atoms with Crippen molar-refractivity contribution in [2.24, 2.45) is 5.92 Å². The van der Waals surface area contributed by atoms with Gasteiger partial charge in [-0.25, -0.2) is 0 Å². The molecule has 1 nitrogen and oxygen atoms in total. The Morgan fingerprint density at radius 2 is 1.43 bits per heavy atom. The van der Waals surface area contributed by atoms with Crippen LogP contribution in [0.5, 0.6) is 0 Å². The molecule has 0 fully saturated rings. The minimum Gasteiger partial charge on any atom is -0.303 e. The van der Waals surface area contributed by atoms with Crippen LogP contribution in [0.4, 0.5) is 0 Å². The predicted octanol–water partition coefficient (Wildman–Crippen LogP) is 6.07. The van der Waals surface area contributed by atoms with E-state index in [1.54, 1.807) is 0 Å². The Balaban J connectivity index is 2.57. The number of benzene rings is 1. The van der Waals surface area contributed by atoms with E-state index in [1.807, 2.05) is 0 Å². The van der Waals surface area contributed by atoms with Crippen molar-refractivity contribution in [3.63, 3.8) is 0 Å². The average molecular weight is 312 g/mol. The molecule has 0 aliphatic heterocycles. The summed E-state index contributed by atoms with van der Waals surface area (Å²) in [6, 6.07) is 8.91. The lowest BCUT2D eigenvalue weighted by Crippen LogP contribution is -2.48. The first-order valence-corrected chi connectivity index (χ1v) is 8.73. The fourth-order valence-electron chi connectivity index (χ4n) is 4.07. The Morgan fingerprint density at radius 3 is 1.91 bits per heavy atom. The van der Waals surface area contributed by atoms with Crippen LogP contribution in [-0.4, -0.2) is 5.54 Å². The van der Waals surface area contributed by atoms with Crippen LogP contribution in [0.2, 0.25) is 0 Å². The van der Waals surface area contributed by atoms with Crippen molar-refractivity contribution in [2.75, 3.05) is 0 Å². The molecule has 1 atom stereocenters. The maximum atomic E-state index is 3.79. The smallest absolute Gasteiger partial charge is 0.0387 e. The first kappa shape index (κ1) is 18.0. The van der Waals surface area contributed by atoms with Gasteiger partial charge in [0, 0.05) is 17.0 Å². The van der Waals surface area contributed by atoms with Crippen molar-refractivity contribution in [1.29, 1.82) is 0 Å². The van der Waals surface area contributed by atoms with Gasteiger partial charge >= 0.3 is 0 Å². The summed E-state index contributed by atoms with van der Waals surface area (Å²) >= 11 is 0. The summed E-state index contributed by atoms with van der Waals surface area (Å²) in [6.07, 6.45) is 0. The van der Waals surface area contributed by atoms with Crippen LogP contribution >= 0.6 is 0 Å². The van der Waals surface area contributed by atoms with Crippen LogP contribution in [0.25, 0.3) is 5.57 Å². The van der Waals surface area contributed by atoms with Crippen LogP contribution in [0, 0.1) is 5.92 Å². The van der Waals surface area contributed by atoms with Crippen molar-refractivity contribution in [3.8, 4) is 0 Å². The van der Waals surface area contributed by atoms with E-state index >= 15 is 0 Å². The zero-order chi connectivity index (χ0) is 17.6. The lowest BCUT2D eigenvalue weighted by Gasteiger charge is -2.37. The van der Waals surface area contributed by atoms with Crippen molar-refractivity contribution in [2.45, 2.75) is 73.4 Å². The molecule has 1 aliphatic rings. The normalized spacial score (nSPS) is 19.8. The largest absolute Gasteiger partial charge is 0.303 e. The molecular formula is C22H33N. The third-order valence-electron chi connectivity index (χ3n) is 5.22. The summed E-state index contributed by atoms with van der Waals surface area (Å²) in [6.45, 7) is 20.4. The molecule has 0 spiro atoms. The van der Waals surface area contributed by atoms with E-state index in [4.69, 9.17) is 0 Å². The molecule has 0 aromatic heterocycles. The molecule has 1 aliphatic carbocycles. The molecule has 1 aromatic carbocycles. The topological polar surface area (TPSA) is 12.0 Å². The summed E-state index contributed by atoms with van der Waals surface area (Å²) in [5.41, 5.74) is 8.71. The van der Waals surface area contributed by atoms with Crippen molar-refractivity contribution in [3.05, 3.63) is 52.1 Å². The second-order valence-electron chi connectivity index (χ2n) is 8.61. The van der Waals surface area contributed by atoms with Gasteiger partial charge in [0.05, 0.1) is 0 Å². The fraction of sp³-hybridized carbons (Fsp3) is 0.545. The first-order valence-electron chi connectivity index (χ1n) is 8.73. The molecule has 0 saturated carbocycles. The lowest BCUT2D eigenvalue weighted by molar-refractivity contribution is 0.286. The molecule has 0 bridgehead atoms. The third kappa shape index (κ3) is 3.45. The number of allylic oxidation sites excluding steroid dienone is 4. The minimum atomic E-state index is -0.0771. The molecule has 1 aromatic rings. The van der Waals surface area contributed by atoms with E-state index < -0.39 is 0 Å². The van der Waals surface area contributed by atoms with Crippen LogP contribution in [0.15, 0.2) is 41.0 Å². The van der Waals surface area contributed by atoms with Gasteiger partial charge in [-0.3, -0.25) is 0 Å². The first-order chi connectivity index (χ1) is 10.5. The maximum absolute atomic E-state index is 3.79. The van der Waals surface area contributed by atoms with E-state index in [0.717, 1.165) is 0 Å². The molecular weight excluding hydrogens is 278 g/mol. The molecule has 1 N–H and O–H groups in total. The van der Waals surface area contributed by atoms with Crippen molar-refractivity contribution >= 4 is 5.57 Å². The Bertz CT molecular complexity index is 665. The molecule has 0 radical (unpaired) electrons. The molecule has 0 amide bonds. The summed E-state index contributed by atoms with van der Waals surface area (Å²) in [7, 11) is 0. The van der Waals surface area contributed by atoms with Crippen LogP contribution in [0.3, 0.4) is 0 Å². The van der Waals surface area contributed by atoms with E-state index in [0.29, 0.717) is 5.92 Å². The Labute approximate surface area is 142 Å². The highest BCUT2D eigenvalue weighted by Crippen LogP contribution is 2.44. The van der Waals surface area contributed by atoms with Crippen LogP contribution in [0.1, 0.15) is 73.4 Å². The monoisotopic (exact) mass is 311 g/mol. The second kappa shape index (κ2) is 5.94. The maximum Gasteiger partial charge on any atom is 0.0387 e. The van der Waals surface area contributed by atoms with Crippen LogP contribution < -0.4 is 5.32 Å². The number of hydrogen-bond acceptors (Lipinski definition) is 1. The van der Waals surface area contributed by atoms with Gasteiger partial charge in [-0.05, 0) is 83.2 Å². The standard InChI is InChI=1S/C22H33N/c1-14-15(2)17(4)20(16(14)3)18-12-10-11-13-19(18)22(8,9)23-21(5,6)7/h10-13,16,23H,1-9H3. The Morgan fingerprint density at radius 1 is 0.870 bits per heavy atom. The molecule has 0 saturated heterocycles. The van der Waals surface area contributed by atoms with Crippen LogP contribution in [-0.2, 0) is 5.54 Å². The summed E-state index contributed by atoms with van der Waals surface area (Å²) in [4.78, 5) is 0. The molecule has 1 unspecified atom stereocenters. The van der Waals surface area contributed by atoms with Gasteiger partial charge in [0.1, 0.15) is 0 Å². The minimum absolute atomic E-state index is 0.0748. The van der Waals surface area contributed by atoms with Gasteiger partial charge in [0.2, 0.25) is 0 Å². The number of nitrogens with one attached hydrogen (secondary N) is 1. The molecule has 1 heteroatoms. The van der Waals surface area contributed by atoms with Gasteiger partial charge in [0.15, 0.2) is 0 Å². The summed E-state index contributed by atoms with van der Waals surface area (Å²) in [5, 5.41) is 3.79. The van der Waals surface area contributed by atoms with Crippen molar-refractivity contribution in [1.82, 2.24) is 5.32 Å². The fourth-order valence-corrected chi connectivity index (χ4v) is 4.07. The van der Waals surface area contributed by atoms with Gasteiger partial charge in [-0.2, -0.15) is 0 Å². The van der Waals surface area contributed by atoms with E-state index in [9.17, 15) is 0 Å². The average Bonchev–Trinajstić information content (AvgIpc) is 2.60. The summed E-state index contributed by atoms with van der Waals surface area (Å²) < 4.78 is 0. The van der Waals surface area contributed by atoms with Gasteiger partial charge in [0.25, 0.3) is 0 Å². The highest BCUT2D eigenvalue weighted by molar-refractivity contribution is 5.81. The van der Waals surface area contributed by atoms with Gasteiger partial charge in [-0.15, -0.1) is 0 Å². The highest BCUT2D eigenvalue weighted by atomic mass is 15.0. The zero-order valence-electron chi connectivity index (χ0n) is 16.4. The van der Waals surface area contributed by atoms with Gasteiger partial charge in [-0.1, -0.05) is 36.8 Å². The molecule has 0 heterocycles. The van der Waals surface area contributed by atoms with E-state index in [-0.39, 0.29) is 11.1 Å². The number of rotatable bonds is 3. The van der Waals surface area contributed by atoms with Gasteiger partial charge < -0.3 is 5.32 Å². The Hall–Kier alpha value is -1.34. The van der Waals surface area contributed by atoms with Crippen molar-refractivity contribution < 1.29 is 0 Å². The lowest BCUT2D eigenvalue weighted by atomic mass is 9.81.